The highest BCUT2D eigenvalue weighted by Gasteiger charge is 2.17. The van der Waals surface area contributed by atoms with E-state index in [0.29, 0.717) is 5.57 Å². The molecule has 0 radical (unpaired) electrons. The molecular formula is C12H20NO2+. The van der Waals surface area contributed by atoms with Crippen molar-refractivity contribution in [2.45, 2.75) is 19.4 Å². The van der Waals surface area contributed by atoms with Gasteiger partial charge in [-0.05, 0) is 25.3 Å². The van der Waals surface area contributed by atoms with Crippen molar-refractivity contribution in [1.82, 2.24) is 0 Å². The first kappa shape index (κ1) is 12.3. The van der Waals surface area contributed by atoms with Crippen molar-refractivity contribution in [3.8, 4) is 11.8 Å². The van der Waals surface area contributed by atoms with E-state index in [9.17, 15) is 5.11 Å². The Hall–Kier alpha value is -0.820. The summed E-state index contributed by atoms with van der Waals surface area (Å²) < 4.78 is 5.25. The van der Waals surface area contributed by atoms with Crippen LogP contribution in [0.15, 0.2) is 12.2 Å². The molecule has 1 fully saturated rings. The summed E-state index contributed by atoms with van der Waals surface area (Å²) in [6.07, 6.45) is 0. The highest BCUT2D eigenvalue weighted by molar-refractivity contribution is 5.25. The van der Waals surface area contributed by atoms with Gasteiger partial charge < -0.3 is 14.7 Å². The van der Waals surface area contributed by atoms with Crippen LogP contribution in [0, 0.1) is 11.8 Å². The molecular weight excluding hydrogens is 190 g/mol. The lowest BCUT2D eigenvalue weighted by Gasteiger charge is -2.22. The van der Waals surface area contributed by atoms with Gasteiger partial charge in [0.25, 0.3) is 0 Å². The van der Waals surface area contributed by atoms with E-state index in [2.05, 4.69) is 18.4 Å². The number of quaternary nitrogens is 1. The molecule has 0 aromatic heterocycles. The highest BCUT2D eigenvalue weighted by atomic mass is 16.5. The molecule has 0 amide bonds. The van der Waals surface area contributed by atoms with Crippen LogP contribution in [0.4, 0.5) is 0 Å². The first-order valence-electron chi connectivity index (χ1n) is 5.32. The molecule has 1 rings (SSSR count). The van der Waals surface area contributed by atoms with Crippen molar-refractivity contribution >= 4 is 0 Å². The third-order valence-corrected chi connectivity index (χ3v) is 2.70. The molecule has 0 aromatic rings. The van der Waals surface area contributed by atoms with E-state index in [4.69, 9.17) is 4.74 Å². The molecule has 0 spiro atoms. The van der Waals surface area contributed by atoms with Crippen LogP contribution in [-0.4, -0.2) is 43.6 Å². The molecule has 1 atom stereocenters. The van der Waals surface area contributed by atoms with E-state index in [1.54, 1.807) is 13.8 Å². The number of nitrogens with one attached hydrogen (secondary N) is 1. The maximum atomic E-state index is 9.81. The molecule has 0 bridgehead atoms. The Morgan fingerprint density at radius 3 is 2.67 bits per heavy atom. The summed E-state index contributed by atoms with van der Waals surface area (Å²) >= 11 is 0. The normalized spacial score (nSPS) is 21.3. The average molecular weight is 210 g/mol. The number of hydrogen-bond acceptors (Lipinski definition) is 2. The fourth-order valence-electron chi connectivity index (χ4n) is 1.28. The number of ether oxygens (including phenoxy) is 1. The summed E-state index contributed by atoms with van der Waals surface area (Å²) in [6, 6.07) is 0. The fraction of sp³-hybridized carbons (Fsp3) is 0.667. The third kappa shape index (κ3) is 4.05. The minimum Gasteiger partial charge on any atom is -0.374 e. The topological polar surface area (TPSA) is 33.9 Å². The van der Waals surface area contributed by atoms with Crippen LogP contribution in [-0.2, 0) is 4.74 Å². The highest BCUT2D eigenvalue weighted by Crippen LogP contribution is 2.11. The molecule has 0 unspecified atom stereocenters. The second-order valence-corrected chi connectivity index (χ2v) is 4.19. The van der Waals surface area contributed by atoms with Crippen molar-refractivity contribution in [3.63, 3.8) is 0 Å². The lowest BCUT2D eigenvalue weighted by molar-refractivity contribution is -0.900. The van der Waals surface area contributed by atoms with Gasteiger partial charge in [-0.1, -0.05) is 12.5 Å². The first-order valence-corrected chi connectivity index (χ1v) is 5.32. The Bertz CT molecular complexity index is 280. The number of morpholine rings is 1. The van der Waals surface area contributed by atoms with Gasteiger partial charge in [0.1, 0.15) is 25.2 Å². The van der Waals surface area contributed by atoms with Crippen LogP contribution in [0.1, 0.15) is 13.8 Å². The van der Waals surface area contributed by atoms with Crippen molar-refractivity contribution < 1.29 is 14.7 Å². The molecule has 0 aromatic carbocycles. The van der Waals surface area contributed by atoms with Crippen molar-refractivity contribution in [1.29, 1.82) is 0 Å². The van der Waals surface area contributed by atoms with E-state index in [1.165, 1.54) is 4.90 Å². The predicted molar refractivity (Wildman–Crippen MR) is 59.6 cm³/mol. The summed E-state index contributed by atoms with van der Waals surface area (Å²) in [4.78, 5) is 1.42. The fourth-order valence-corrected chi connectivity index (χ4v) is 1.28. The third-order valence-electron chi connectivity index (χ3n) is 2.70. The zero-order chi connectivity index (χ0) is 11.3. The van der Waals surface area contributed by atoms with E-state index < -0.39 is 5.60 Å². The van der Waals surface area contributed by atoms with Crippen LogP contribution >= 0.6 is 0 Å². The van der Waals surface area contributed by atoms with Gasteiger partial charge in [-0.2, -0.15) is 0 Å². The van der Waals surface area contributed by atoms with Crippen molar-refractivity contribution in [3.05, 3.63) is 12.2 Å². The smallest absolute Gasteiger partial charge is 0.143 e. The number of rotatable bonds is 2. The quantitative estimate of drug-likeness (QED) is 0.464. The predicted octanol–water partition coefficient (Wildman–Crippen LogP) is -0.768. The maximum absolute atomic E-state index is 9.81. The summed E-state index contributed by atoms with van der Waals surface area (Å²) in [5.74, 6) is 5.87. The van der Waals surface area contributed by atoms with Gasteiger partial charge in [-0.3, -0.25) is 0 Å². The molecule has 3 nitrogen and oxygen atoms in total. The largest absolute Gasteiger partial charge is 0.374 e. The molecule has 15 heavy (non-hydrogen) atoms. The van der Waals surface area contributed by atoms with E-state index in [1.807, 2.05) is 0 Å². The summed E-state index contributed by atoms with van der Waals surface area (Å²) in [5.41, 5.74) is -0.363. The van der Waals surface area contributed by atoms with Crippen LogP contribution < -0.4 is 4.90 Å². The summed E-state index contributed by atoms with van der Waals surface area (Å²) in [6.45, 7) is 11.6. The molecule has 1 aliphatic heterocycles. The molecule has 1 heterocycles. The standard InChI is InChI=1S/C12H19NO2/c1-11(2)12(3,14)5-4-6-13-7-9-15-10-8-13/h14H,1,6-10H2,2-3H3/p+1/t12-/m1/s1. The van der Waals surface area contributed by atoms with E-state index in [-0.39, 0.29) is 0 Å². The molecule has 1 saturated heterocycles. The van der Waals surface area contributed by atoms with Gasteiger partial charge in [-0.15, -0.1) is 0 Å². The Balaban J connectivity index is 2.41. The van der Waals surface area contributed by atoms with Crippen LogP contribution in [0.2, 0.25) is 0 Å². The van der Waals surface area contributed by atoms with Crippen LogP contribution in [0.3, 0.4) is 0 Å². The Morgan fingerprint density at radius 1 is 1.53 bits per heavy atom. The SMILES string of the molecule is C=C(C)[C@](C)(O)C#CC[NH+]1CCOCC1. The Kier molecular flexibility index (Phi) is 4.34. The number of hydrogen-bond donors (Lipinski definition) is 2. The minimum absolute atomic E-state index is 0.687. The number of aliphatic hydroxyl groups is 1. The minimum atomic E-state index is -1.05. The molecule has 2 N–H and O–H groups in total. The van der Waals surface area contributed by atoms with Crippen LogP contribution in [0.5, 0.6) is 0 Å². The van der Waals surface area contributed by atoms with E-state index >= 15 is 0 Å². The Labute approximate surface area is 91.7 Å². The lowest BCUT2D eigenvalue weighted by Crippen LogP contribution is -3.14. The molecule has 1 aliphatic rings. The van der Waals surface area contributed by atoms with Gasteiger partial charge in [0.2, 0.25) is 0 Å². The van der Waals surface area contributed by atoms with Gasteiger partial charge in [-0.25, -0.2) is 0 Å². The summed E-state index contributed by atoms with van der Waals surface area (Å²) in [5, 5.41) is 9.81. The monoisotopic (exact) mass is 210 g/mol. The van der Waals surface area contributed by atoms with Gasteiger partial charge in [0, 0.05) is 0 Å². The van der Waals surface area contributed by atoms with Crippen LogP contribution in [0.25, 0.3) is 0 Å². The van der Waals surface area contributed by atoms with E-state index in [0.717, 1.165) is 32.8 Å². The molecule has 3 heteroatoms. The van der Waals surface area contributed by atoms with Gasteiger partial charge >= 0.3 is 0 Å². The van der Waals surface area contributed by atoms with Gasteiger partial charge in [0.05, 0.1) is 13.2 Å². The second kappa shape index (κ2) is 5.32. The summed E-state index contributed by atoms with van der Waals surface area (Å²) in [7, 11) is 0. The maximum Gasteiger partial charge on any atom is 0.143 e. The molecule has 84 valence electrons. The zero-order valence-electron chi connectivity index (χ0n) is 9.60. The average Bonchev–Trinajstić information content (AvgIpc) is 2.19. The van der Waals surface area contributed by atoms with Crippen molar-refractivity contribution in [2.24, 2.45) is 0 Å². The first-order chi connectivity index (χ1) is 7.02. The van der Waals surface area contributed by atoms with Crippen molar-refractivity contribution in [2.75, 3.05) is 32.8 Å². The second-order valence-electron chi connectivity index (χ2n) is 4.19. The molecule has 0 aliphatic carbocycles. The molecule has 0 saturated carbocycles. The Morgan fingerprint density at radius 2 is 2.13 bits per heavy atom. The zero-order valence-corrected chi connectivity index (χ0v) is 9.60. The van der Waals surface area contributed by atoms with Gasteiger partial charge in [0.15, 0.2) is 0 Å². The lowest BCUT2D eigenvalue weighted by atomic mass is 10.00.